The predicted molar refractivity (Wildman–Crippen MR) is 133 cm³/mol. The van der Waals surface area contributed by atoms with E-state index in [1.54, 1.807) is 12.1 Å². The van der Waals surface area contributed by atoms with Crippen molar-refractivity contribution in [3.8, 4) is 0 Å². The number of amides is 2. The molecule has 2 rings (SSSR count). The van der Waals surface area contributed by atoms with Crippen LogP contribution in [0, 0.1) is 5.41 Å². The van der Waals surface area contributed by atoms with Gasteiger partial charge in [0.25, 0.3) is 11.8 Å². The van der Waals surface area contributed by atoms with Crippen molar-refractivity contribution in [1.29, 1.82) is 5.41 Å². The van der Waals surface area contributed by atoms with Gasteiger partial charge < -0.3 is 28.3 Å². The van der Waals surface area contributed by atoms with E-state index in [0.29, 0.717) is 31.5 Å². The minimum atomic E-state index is -0.684. The number of nitrogen functional groups attached to an aromatic ring is 2. The molecule has 0 atom stereocenters. The maximum Gasteiger partial charge on any atom is 0.280 e. The molecule has 0 aliphatic rings. The number of nitrogens with one attached hydrogen (secondary N) is 3. The number of nitrogens with zero attached hydrogens (tertiary/aromatic N) is 3. The molecular formula is C21H29ClN10O2. The fourth-order valence-electron chi connectivity index (χ4n) is 2.87. The van der Waals surface area contributed by atoms with Gasteiger partial charge in [-0.05, 0) is 43.4 Å². The van der Waals surface area contributed by atoms with Crippen LogP contribution in [-0.4, -0.2) is 46.7 Å². The van der Waals surface area contributed by atoms with Crippen LogP contribution >= 0.6 is 11.6 Å². The van der Waals surface area contributed by atoms with Gasteiger partial charge in [0.1, 0.15) is 0 Å². The molecular weight excluding hydrogens is 460 g/mol. The maximum absolute atomic E-state index is 12.2. The van der Waals surface area contributed by atoms with Gasteiger partial charge in [-0.2, -0.15) is 0 Å². The Morgan fingerprint density at radius 2 is 1.71 bits per heavy atom. The molecule has 13 heteroatoms. The van der Waals surface area contributed by atoms with Gasteiger partial charge in [0.05, 0.1) is 5.84 Å². The van der Waals surface area contributed by atoms with Crippen molar-refractivity contribution in [2.45, 2.75) is 32.1 Å². The van der Waals surface area contributed by atoms with E-state index in [-0.39, 0.29) is 40.2 Å². The molecule has 0 radical (unpaired) electrons. The minimum absolute atomic E-state index is 0.0715. The Labute approximate surface area is 202 Å². The molecule has 1 aromatic heterocycles. The number of nitrogens with two attached hydrogens (primary N) is 4. The number of rotatable bonds is 11. The van der Waals surface area contributed by atoms with Crippen LogP contribution in [0.4, 0.5) is 11.6 Å². The van der Waals surface area contributed by atoms with Crippen LogP contribution in [0.5, 0.6) is 0 Å². The van der Waals surface area contributed by atoms with Crippen LogP contribution in [0.1, 0.15) is 52.1 Å². The van der Waals surface area contributed by atoms with Crippen molar-refractivity contribution in [1.82, 2.24) is 20.6 Å². The summed E-state index contributed by atoms with van der Waals surface area (Å²) in [6.07, 6.45) is 3.48. The highest BCUT2D eigenvalue weighted by Crippen LogP contribution is 2.17. The quantitative estimate of drug-likeness (QED) is 0.136. The van der Waals surface area contributed by atoms with Crippen molar-refractivity contribution in [3.05, 3.63) is 46.2 Å². The van der Waals surface area contributed by atoms with Gasteiger partial charge in [-0.15, -0.1) is 0 Å². The van der Waals surface area contributed by atoms with Crippen LogP contribution in [0.15, 0.2) is 29.3 Å². The van der Waals surface area contributed by atoms with Crippen molar-refractivity contribution in [2.75, 3.05) is 24.6 Å². The number of hydrogen-bond acceptors (Lipinski definition) is 8. The normalized spacial score (nSPS) is 11.1. The minimum Gasteiger partial charge on any atom is -0.388 e. The first kappa shape index (κ1) is 26.3. The topological polar surface area (TPSA) is 224 Å². The van der Waals surface area contributed by atoms with Gasteiger partial charge in [0, 0.05) is 25.1 Å². The molecule has 2 amide bonds. The zero-order valence-electron chi connectivity index (χ0n) is 18.6. The first-order valence-corrected chi connectivity index (χ1v) is 10.9. The van der Waals surface area contributed by atoms with Gasteiger partial charge in [-0.3, -0.25) is 25.3 Å². The molecule has 182 valence electrons. The molecule has 0 saturated heterocycles. The van der Waals surface area contributed by atoms with Crippen molar-refractivity contribution in [3.63, 3.8) is 0 Å². The third-order valence-corrected chi connectivity index (χ3v) is 4.92. The van der Waals surface area contributed by atoms with E-state index in [9.17, 15) is 9.59 Å². The summed E-state index contributed by atoms with van der Waals surface area (Å²) >= 11 is 5.77. The first-order chi connectivity index (χ1) is 16.2. The number of aryl methyl sites for hydroxylation is 1. The van der Waals surface area contributed by atoms with Gasteiger partial charge in [-0.1, -0.05) is 23.7 Å². The fourth-order valence-corrected chi connectivity index (χ4v) is 3.00. The number of amidine groups is 1. The Bertz CT molecular complexity index is 1060. The van der Waals surface area contributed by atoms with E-state index < -0.39 is 5.91 Å². The Morgan fingerprint density at radius 1 is 1.00 bits per heavy atom. The van der Waals surface area contributed by atoms with E-state index in [2.05, 4.69) is 25.6 Å². The molecule has 2 aromatic rings. The second-order valence-corrected chi connectivity index (χ2v) is 7.75. The third kappa shape index (κ3) is 8.54. The lowest BCUT2D eigenvalue weighted by atomic mass is 10.1. The summed E-state index contributed by atoms with van der Waals surface area (Å²) in [5, 5.41) is 12.2. The number of carbonyl (C=O) groups excluding carboxylic acids is 2. The Kier molecular flexibility index (Phi) is 10.0. The number of guanidine groups is 1. The SMILES string of the molecule is N=C(N)CCCNC(=O)c1ccc(CCCCN=C(N)NC(=O)c2nc(Cl)c(N)nc2N)cc1. The number of benzene rings is 1. The van der Waals surface area contributed by atoms with Gasteiger partial charge >= 0.3 is 0 Å². The Hall–Kier alpha value is -3.93. The Balaban J connectivity index is 1.71. The van der Waals surface area contributed by atoms with Crippen molar-refractivity contribution < 1.29 is 9.59 Å². The third-order valence-electron chi connectivity index (χ3n) is 4.64. The number of hydrogen-bond donors (Lipinski definition) is 7. The highest BCUT2D eigenvalue weighted by molar-refractivity contribution is 6.31. The lowest BCUT2D eigenvalue weighted by Crippen LogP contribution is -2.38. The van der Waals surface area contributed by atoms with Crippen LogP contribution in [0.3, 0.4) is 0 Å². The largest absolute Gasteiger partial charge is 0.388 e. The summed E-state index contributed by atoms with van der Waals surface area (Å²) in [5.74, 6) is -1.04. The molecule has 0 aliphatic heterocycles. The van der Waals surface area contributed by atoms with E-state index in [4.69, 9.17) is 39.9 Å². The maximum atomic E-state index is 12.2. The fraction of sp³-hybridized carbons (Fsp3) is 0.333. The lowest BCUT2D eigenvalue weighted by Gasteiger charge is -2.07. The Morgan fingerprint density at radius 3 is 2.38 bits per heavy atom. The molecule has 1 aromatic carbocycles. The molecule has 0 fully saturated rings. The van der Waals surface area contributed by atoms with Crippen molar-refractivity contribution >= 4 is 46.8 Å². The summed E-state index contributed by atoms with van der Waals surface area (Å²) in [5.41, 5.74) is 23.6. The molecule has 1 heterocycles. The van der Waals surface area contributed by atoms with E-state index in [1.807, 2.05) is 12.1 Å². The smallest absolute Gasteiger partial charge is 0.280 e. The zero-order valence-corrected chi connectivity index (χ0v) is 19.4. The molecule has 0 unspecified atom stereocenters. The first-order valence-electron chi connectivity index (χ1n) is 10.6. The monoisotopic (exact) mass is 488 g/mol. The molecule has 11 N–H and O–H groups in total. The standard InChI is InChI=1S/C21H29ClN10O2/c22-16-18(26)31-17(25)15(30-16)20(34)32-21(27)29-10-2-1-4-12-6-8-13(9-7-12)19(33)28-11-3-5-14(23)24/h6-9H,1-5,10-11H2,(H3,23,24)(H,28,33)(H4,25,26,31)(H3,27,29,32,34). The van der Waals surface area contributed by atoms with E-state index in [1.165, 1.54) is 0 Å². The van der Waals surface area contributed by atoms with Crippen LogP contribution in [-0.2, 0) is 6.42 Å². The molecule has 0 spiro atoms. The second-order valence-electron chi connectivity index (χ2n) is 7.39. The lowest BCUT2D eigenvalue weighted by molar-refractivity contribution is 0.0950. The van der Waals surface area contributed by atoms with Crippen LogP contribution < -0.4 is 33.6 Å². The molecule has 0 saturated carbocycles. The predicted octanol–water partition coefficient (Wildman–Crippen LogP) is 0.808. The van der Waals surface area contributed by atoms with E-state index in [0.717, 1.165) is 24.8 Å². The summed E-state index contributed by atoms with van der Waals surface area (Å²) in [6, 6.07) is 7.37. The van der Waals surface area contributed by atoms with Crippen LogP contribution in [0.2, 0.25) is 5.15 Å². The zero-order chi connectivity index (χ0) is 25.1. The number of halogens is 1. The molecule has 0 aliphatic carbocycles. The van der Waals surface area contributed by atoms with Crippen molar-refractivity contribution in [2.24, 2.45) is 16.5 Å². The summed E-state index contributed by atoms with van der Waals surface area (Å²) < 4.78 is 0. The van der Waals surface area contributed by atoms with E-state index >= 15 is 0 Å². The highest BCUT2D eigenvalue weighted by atomic mass is 35.5. The number of aromatic nitrogens is 2. The molecule has 0 bridgehead atoms. The van der Waals surface area contributed by atoms with Gasteiger partial charge in [0.15, 0.2) is 28.4 Å². The molecule has 34 heavy (non-hydrogen) atoms. The van der Waals surface area contributed by atoms with Gasteiger partial charge in [0.2, 0.25) is 0 Å². The molecule has 12 nitrogen and oxygen atoms in total. The van der Waals surface area contributed by atoms with Crippen LogP contribution in [0.25, 0.3) is 0 Å². The number of unbranched alkanes of at least 4 members (excludes halogenated alkanes) is 1. The number of anilines is 2. The second kappa shape index (κ2) is 12.9. The number of carbonyl (C=O) groups is 2. The number of aliphatic imine (C=N–C) groups is 1. The van der Waals surface area contributed by atoms with Gasteiger partial charge in [-0.25, -0.2) is 9.97 Å². The summed E-state index contributed by atoms with van der Waals surface area (Å²) in [4.78, 5) is 36.0. The highest BCUT2D eigenvalue weighted by Gasteiger charge is 2.16. The summed E-state index contributed by atoms with van der Waals surface area (Å²) in [7, 11) is 0. The summed E-state index contributed by atoms with van der Waals surface area (Å²) in [6.45, 7) is 0.884. The average Bonchev–Trinajstić information content (AvgIpc) is 2.79. The average molecular weight is 489 g/mol.